The molecule has 0 aromatic carbocycles. The lowest BCUT2D eigenvalue weighted by Gasteiger charge is -2.28. The van der Waals surface area contributed by atoms with Crippen LogP contribution in [0.4, 0.5) is 4.79 Å². The van der Waals surface area contributed by atoms with Crippen LogP contribution in [-0.2, 0) is 4.74 Å². The topological polar surface area (TPSA) is 55.6 Å². The molecule has 10 heavy (non-hydrogen) atoms. The van der Waals surface area contributed by atoms with E-state index in [9.17, 15) is 4.79 Å². The lowest BCUT2D eigenvalue weighted by atomic mass is 10.2. The number of hydrogen-bond donors (Lipinski definition) is 1. The molecule has 1 aliphatic carbocycles. The van der Waals surface area contributed by atoms with E-state index >= 15 is 0 Å². The third-order valence-corrected chi connectivity index (χ3v) is 2.15. The van der Waals surface area contributed by atoms with E-state index in [1.54, 1.807) is 0 Å². The molecule has 0 atom stereocenters. The zero-order valence-electron chi connectivity index (χ0n) is 5.67. The molecular weight excluding hydrogens is 132 g/mol. The maximum Gasteiger partial charge on any atom is 0.424 e. The summed E-state index contributed by atoms with van der Waals surface area (Å²) >= 11 is 0. The first-order chi connectivity index (χ1) is 4.72. The van der Waals surface area contributed by atoms with Gasteiger partial charge in [-0.15, -0.1) is 0 Å². The second-order valence-corrected chi connectivity index (χ2v) is 2.99. The van der Waals surface area contributed by atoms with Crippen molar-refractivity contribution in [1.82, 2.24) is 5.01 Å². The molecule has 1 saturated carbocycles. The Labute approximate surface area is 58.9 Å². The summed E-state index contributed by atoms with van der Waals surface area (Å²) in [5.74, 6) is 5.29. The fraction of sp³-hybridized carbons (Fsp3) is 0.833. The Bertz CT molecular complexity index is 177. The van der Waals surface area contributed by atoms with Crippen molar-refractivity contribution >= 4 is 6.09 Å². The summed E-state index contributed by atoms with van der Waals surface area (Å²) in [6.45, 7) is 0.638. The van der Waals surface area contributed by atoms with Gasteiger partial charge in [-0.25, -0.2) is 15.6 Å². The highest BCUT2D eigenvalue weighted by molar-refractivity contribution is 5.68. The third kappa shape index (κ3) is 0.759. The van der Waals surface area contributed by atoms with Gasteiger partial charge in [0, 0.05) is 13.0 Å². The smallest absolute Gasteiger partial charge is 0.424 e. The summed E-state index contributed by atoms with van der Waals surface area (Å²) in [5.41, 5.74) is -0.0903. The Kier molecular flexibility index (Phi) is 0.976. The van der Waals surface area contributed by atoms with Crippen LogP contribution in [0.3, 0.4) is 0 Å². The van der Waals surface area contributed by atoms with Crippen LogP contribution in [0.25, 0.3) is 0 Å². The number of nitrogens with zero attached hydrogens (tertiary/aromatic N) is 1. The van der Waals surface area contributed by atoms with Crippen molar-refractivity contribution in [2.45, 2.75) is 24.9 Å². The fourth-order valence-corrected chi connectivity index (χ4v) is 1.20. The van der Waals surface area contributed by atoms with Gasteiger partial charge in [0.15, 0.2) is 0 Å². The Morgan fingerprint density at radius 1 is 1.50 bits per heavy atom. The van der Waals surface area contributed by atoms with Crippen molar-refractivity contribution in [3.8, 4) is 0 Å². The van der Waals surface area contributed by atoms with Gasteiger partial charge in [-0.1, -0.05) is 0 Å². The SMILES string of the molecule is NN1CCC2(CC2)OC1=O. The van der Waals surface area contributed by atoms with Crippen LogP contribution in [0.15, 0.2) is 0 Å². The van der Waals surface area contributed by atoms with Crippen molar-refractivity contribution in [2.75, 3.05) is 6.54 Å². The Balaban J connectivity index is 2.04. The average molecular weight is 142 g/mol. The average Bonchev–Trinajstić information content (AvgIpc) is 2.62. The van der Waals surface area contributed by atoms with Gasteiger partial charge in [0.2, 0.25) is 0 Å². The molecule has 0 aromatic heterocycles. The summed E-state index contributed by atoms with van der Waals surface area (Å²) in [7, 11) is 0. The van der Waals surface area contributed by atoms with Crippen LogP contribution in [-0.4, -0.2) is 23.2 Å². The summed E-state index contributed by atoms with van der Waals surface area (Å²) < 4.78 is 5.06. The van der Waals surface area contributed by atoms with E-state index in [4.69, 9.17) is 10.6 Å². The maximum absolute atomic E-state index is 10.8. The monoisotopic (exact) mass is 142 g/mol. The molecular formula is C6H10N2O2. The van der Waals surface area contributed by atoms with Crippen LogP contribution in [0.2, 0.25) is 0 Å². The molecule has 4 heteroatoms. The van der Waals surface area contributed by atoms with Gasteiger partial charge in [0.05, 0.1) is 0 Å². The first-order valence-corrected chi connectivity index (χ1v) is 3.47. The van der Waals surface area contributed by atoms with E-state index in [2.05, 4.69) is 0 Å². The molecule has 2 N–H and O–H groups in total. The zero-order valence-corrected chi connectivity index (χ0v) is 5.67. The number of hydrazine groups is 1. The number of rotatable bonds is 0. The lowest BCUT2D eigenvalue weighted by Crippen LogP contribution is -2.46. The predicted octanol–water partition coefficient (Wildman–Crippen LogP) is 0.235. The summed E-state index contributed by atoms with van der Waals surface area (Å²) in [5, 5.41) is 1.13. The van der Waals surface area contributed by atoms with E-state index in [1.165, 1.54) is 0 Å². The fourth-order valence-electron chi connectivity index (χ4n) is 1.20. The van der Waals surface area contributed by atoms with Gasteiger partial charge in [0.25, 0.3) is 0 Å². The Hall–Kier alpha value is -0.770. The second kappa shape index (κ2) is 1.63. The molecule has 1 aliphatic heterocycles. The molecule has 0 aromatic rings. The molecule has 2 rings (SSSR count). The molecule has 2 fully saturated rings. The van der Waals surface area contributed by atoms with Gasteiger partial charge in [-0.3, -0.25) is 0 Å². The van der Waals surface area contributed by atoms with E-state index in [0.717, 1.165) is 24.3 Å². The summed E-state index contributed by atoms with van der Waals surface area (Å²) in [6, 6.07) is 0. The predicted molar refractivity (Wildman–Crippen MR) is 34.0 cm³/mol. The standard InChI is InChI=1S/C6H10N2O2/c7-8-4-3-6(1-2-6)10-5(8)9/h1-4,7H2. The number of amides is 1. The first kappa shape index (κ1) is 5.97. The number of carbonyl (C=O) groups is 1. The number of nitrogens with two attached hydrogens (primary N) is 1. The first-order valence-electron chi connectivity index (χ1n) is 3.47. The van der Waals surface area contributed by atoms with E-state index < -0.39 is 0 Å². The van der Waals surface area contributed by atoms with Crippen LogP contribution < -0.4 is 5.84 Å². The van der Waals surface area contributed by atoms with Gasteiger partial charge < -0.3 is 4.74 Å². The van der Waals surface area contributed by atoms with Crippen molar-refractivity contribution in [3.05, 3.63) is 0 Å². The highest BCUT2D eigenvalue weighted by Crippen LogP contribution is 2.44. The van der Waals surface area contributed by atoms with Crippen LogP contribution in [0.1, 0.15) is 19.3 Å². The zero-order chi connectivity index (χ0) is 7.19. The minimum atomic E-state index is -0.372. The van der Waals surface area contributed by atoms with Crippen molar-refractivity contribution in [2.24, 2.45) is 5.84 Å². The molecule has 0 unspecified atom stereocenters. The Morgan fingerprint density at radius 2 is 2.20 bits per heavy atom. The largest absolute Gasteiger partial charge is 0.442 e. The summed E-state index contributed by atoms with van der Waals surface area (Å²) in [6.07, 6.45) is 2.57. The number of hydrogen-bond acceptors (Lipinski definition) is 3. The Morgan fingerprint density at radius 3 is 2.70 bits per heavy atom. The van der Waals surface area contributed by atoms with Crippen molar-refractivity contribution < 1.29 is 9.53 Å². The summed E-state index contributed by atoms with van der Waals surface area (Å²) in [4.78, 5) is 10.8. The molecule has 56 valence electrons. The molecule has 2 aliphatic rings. The highest BCUT2D eigenvalue weighted by Gasteiger charge is 2.49. The minimum absolute atomic E-state index is 0.0903. The van der Waals surface area contributed by atoms with Crippen LogP contribution in [0.5, 0.6) is 0 Å². The highest BCUT2D eigenvalue weighted by atomic mass is 16.6. The van der Waals surface area contributed by atoms with Gasteiger partial charge in [-0.05, 0) is 12.8 Å². The number of carbonyl (C=O) groups excluding carboxylic acids is 1. The molecule has 4 nitrogen and oxygen atoms in total. The molecule has 1 spiro atoms. The minimum Gasteiger partial charge on any atom is -0.442 e. The lowest BCUT2D eigenvalue weighted by molar-refractivity contribution is 0.0109. The van der Waals surface area contributed by atoms with Crippen LogP contribution >= 0.6 is 0 Å². The van der Waals surface area contributed by atoms with E-state index in [1.807, 2.05) is 0 Å². The third-order valence-electron chi connectivity index (χ3n) is 2.15. The quantitative estimate of drug-likeness (QED) is 0.389. The van der Waals surface area contributed by atoms with Gasteiger partial charge in [-0.2, -0.15) is 0 Å². The van der Waals surface area contributed by atoms with Crippen molar-refractivity contribution in [1.29, 1.82) is 0 Å². The molecule has 0 bridgehead atoms. The number of ether oxygens (including phenoxy) is 1. The normalized spacial score (nSPS) is 28.5. The molecule has 1 saturated heterocycles. The maximum atomic E-state index is 10.8. The van der Waals surface area contributed by atoms with Gasteiger partial charge in [0.1, 0.15) is 5.60 Å². The van der Waals surface area contributed by atoms with Crippen molar-refractivity contribution in [3.63, 3.8) is 0 Å². The second-order valence-electron chi connectivity index (χ2n) is 2.99. The molecule has 1 heterocycles. The van der Waals surface area contributed by atoms with Gasteiger partial charge >= 0.3 is 6.09 Å². The molecule has 0 radical (unpaired) electrons. The van der Waals surface area contributed by atoms with Crippen LogP contribution in [0, 0.1) is 0 Å². The van der Waals surface area contributed by atoms with E-state index in [0.29, 0.717) is 6.54 Å². The van der Waals surface area contributed by atoms with E-state index in [-0.39, 0.29) is 11.7 Å². The molecule has 1 amide bonds.